The highest BCUT2D eigenvalue weighted by Crippen LogP contribution is 2.17. The van der Waals surface area contributed by atoms with E-state index in [-0.39, 0.29) is 5.75 Å². The Labute approximate surface area is 101 Å². The van der Waals surface area contributed by atoms with Gasteiger partial charge >= 0.3 is 0 Å². The lowest BCUT2D eigenvalue weighted by Gasteiger charge is -2.18. The molecular formula is C12H24O2SSi. The van der Waals surface area contributed by atoms with Gasteiger partial charge in [-0.25, -0.2) is 8.42 Å². The lowest BCUT2D eigenvalue weighted by Crippen LogP contribution is -2.24. The normalized spacial score (nSPS) is 14.7. The maximum atomic E-state index is 11.4. The molecule has 0 aromatic rings. The van der Waals surface area contributed by atoms with Crippen LogP contribution in [0.4, 0.5) is 0 Å². The van der Waals surface area contributed by atoms with Crippen LogP contribution in [0.3, 0.4) is 0 Å². The van der Waals surface area contributed by atoms with E-state index in [0.717, 1.165) is 5.57 Å². The van der Waals surface area contributed by atoms with Gasteiger partial charge in [0.05, 0.1) is 13.8 Å². The van der Waals surface area contributed by atoms with Crippen molar-refractivity contribution in [2.45, 2.75) is 46.3 Å². The van der Waals surface area contributed by atoms with Crippen LogP contribution in [-0.2, 0) is 9.84 Å². The molecule has 0 unspecified atom stereocenters. The quantitative estimate of drug-likeness (QED) is 0.541. The van der Waals surface area contributed by atoms with Gasteiger partial charge in [0, 0.05) is 5.41 Å². The Kier molecular flexibility index (Phi) is 6.26. The van der Waals surface area contributed by atoms with Gasteiger partial charge in [-0.2, -0.15) is 0 Å². The van der Waals surface area contributed by atoms with Gasteiger partial charge in [0.1, 0.15) is 0 Å². The standard InChI is InChI=1S/C12H24O2SSi/c1-6-15(13,14)11-12(4)9-10-16(5,7-2)8-3/h9-11H,6-8H2,1-5H3/b10-9+,12-11+. The van der Waals surface area contributed by atoms with E-state index in [1.807, 2.05) is 13.0 Å². The molecule has 0 aliphatic carbocycles. The minimum atomic E-state index is -3.00. The van der Waals surface area contributed by atoms with E-state index in [9.17, 15) is 8.42 Å². The Morgan fingerprint density at radius 3 is 2.06 bits per heavy atom. The fourth-order valence-corrected chi connectivity index (χ4v) is 3.67. The number of sulfone groups is 1. The molecule has 0 N–H and O–H groups in total. The third kappa shape index (κ3) is 5.65. The number of allylic oxidation sites excluding steroid dienone is 2. The summed E-state index contributed by atoms with van der Waals surface area (Å²) < 4.78 is 22.7. The van der Waals surface area contributed by atoms with Gasteiger partial charge in [0.25, 0.3) is 0 Å². The van der Waals surface area contributed by atoms with Gasteiger partial charge < -0.3 is 0 Å². The van der Waals surface area contributed by atoms with Gasteiger partial charge in [0.15, 0.2) is 9.84 Å². The summed E-state index contributed by atoms with van der Waals surface area (Å²) in [5, 5.41) is 1.38. The summed E-state index contributed by atoms with van der Waals surface area (Å²) >= 11 is 0. The Bertz CT molecular complexity index is 362. The van der Waals surface area contributed by atoms with Crippen molar-refractivity contribution in [3.05, 3.63) is 22.8 Å². The second-order valence-electron chi connectivity index (χ2n) is 4.51. The van der Waals surface area contributed by atoms with Gasteiger partial charge in [-0.15, -0.1) is 0 Å². The van der Waals surface area contributed by atoms with Crippen LogP contribution in [-0.4, -0.2) is 22.2 Å². The van der Waals surface area contributed by atoms with E-state index in [1.165, 1.54) is 17.5 Å². The first-order valence-electron chi connectivity index (χ1n) is 5.89. The number of hydrogen-bond acceptors (Lipinski definition) is 2. The van der Waals surface area contributed by atoms with Crippen LogP contribution in [0, 0.1) is 0 Å². The Morgan fingerprint density at radius 1 is 1.19 bits per heavy atom. The van der Waals surface area contributed by atoms with Crippen molar-refractivity contribution >= 4 is 17.9 Å². The molecule has 0 amide bonds. The smallest absolute Gasteiger partial charge is 0.171 e. The van der Waals surface area contributed by atoms with Crippen LogP contribution in [0.5, 0.6) is 0 Å². The van der Waals surface area contributed by atoms with Crippen LogP contribution in [0.25, 0.3) is 0 Å². The van der Waals surface area contributed by atoms with Crippen LogP contribution >= 0.6 is 0 Å². The summed E-state index contributed by atoms with van der Waals surface area (Å²) in [4.78, 5) is 0. The molecule has 0 aliphatic heterocycles. The van der Waals surface area contributed by atoms with Gasteiger partial charge in [-0.1, -0.05) is 51.2 Å². The minimum absolute atomic E-state index is 0.175. The average Bonchev–Trinajstić information content (AvgIpc) is 2.25. The minimum Gasteiger partial charge on any atom is -0.224 e. The zero-order chi connectivity index (χ0) is 12.8. The largest absolute Gasteiger partial charge is 0.224 e. The Balaban J connectivity index is 4.81. The predicted octanol–water partition coefficient (Wildman–Crippen LogP) is 3.54. The molecule has 0 aromatic carbocycles. The van der Waals surface area contributed by atoms with E-state index in [2.05, 4.69) is 26.1 Å². The molecular weight excluding hydrogens is 236 g/mol. The first kappa shape index (κ1) is 15.6. The summed E-state index contributed by atoms with van der Waals surface area (Å²) in [5.41, 5.74) is 3.09. The van der Waals surface area contributed by atoms with Crippen molar-refractivity contribution in [1.29, 1.82) is 0 Å². The SMILES string of the molecule is CC[Si](C)(/C=C/C(C)=C/S(=O)(=O)CC)CC. The third-order valence-electron chi connectivity index (χ3n) is 3.13. The van der Waals surface area contributed by atoms with Gasteiger partial charge in [0.2, 0.25) is 0 Å². The monoisotopic (exact) mass is 260 g/mol. The maximum Gasteiger partial charge on any atom is 0.171 e. The summed E-state index contributed by atoms with van der Waals surface area (Å²) in [5.74, 6) is 0.175. The molecule has 0 aliphatic rings. The molecule has 0 atom stereocenters. The van der Waals surface area contributed by atoms with Crippen molar-refractivity contribution in [3.8, 4) is 0 Å². The highest BCUT2D eigenvalue weighted by atomic mass is 32.2. The Morgan fingerprint density at radius 2 is 1.69 bits per heavy atom. The van der Waals surface area contributed by atoms with Crippen LogP contribution in [0.15, 0.2) is 22.8 Å². The molecule has 16 heavy (non-hydrogen) atoms. The molecule has 2 nitrogen and oxygen atoms in total. The van der Waals surface area contributed by atoms with Crippen LogP contribution in [0.2, 0.25) is 18.6 Å². The second-order valence-corrected chi connectivity index (χ2v) is 11.7. The van der Waals surface area contributed by atoms with Crippen molar-refractivity contribution in [2.75, 3.05) is 5.75 Å². The summed E-state index contributed by atoms with van der Waals surface area (Å²) in [7, 11) is -4.26. The second kappa shape index (κ2) is 6.40. The van der Waals surface area contributed by atoms with E-state index in [1.54, 1.807) is 6.92 Å². The van der Waals surface area contributed by atoms with Crippen molar-refractivity contribution in [2.24, 2.45) is 0 Å². The molecule has 0 aromatic heterocycles. The third-order valence-corrected chi connectivity index (χ3v) is 8.87. The average molecular weight is 260 g/mol. The summed E-state index contributed by atoms with van der Waals surface area (Å²) in [6.45, 7) is 10.3. The van der Waals surface area contributed by atoms with E-state index >= 15 is 0 Å². The zero-order valence-corrected chi connectivity index (χ0v) is 12.9. The molecule has 0 spiro atoms. The number of rotatable bonds is 6. The highest BCUT2D eigenvalue weighted by molar-refractivity contribution is 7.94. The number of hydrogen-bond donors (Lipinski definition) is 0. The van der Waals surface area contributed by atoms with Crippen LogP contribution < -0.4 is 0 Å². The van der Waals surface area contributed by atoms with Gasteiger partial charge in [-0.05, 0) is 12.5 Å². The fraction of sp³-hybridized carbons (Fsp3) is 0.667. The summed E-state index contributed by atoms with van der Waals surface area (Å²) in [6.07, 6.45) is 1.98. The van der Waals surface area contributed by atoms with E-state index in [4.69, 9.17) is 0 Å². The molecule has 0 heterocycles. The van der Waals surface area contributed by atoms with E-state index in [0.29, 0.717) is 0 Å². The maximum absolute atomic E-state index is 11.4. The first-order chi connectivity index (χ1) is 7.28. The zero-order valence-electron chi connectivity index (χ0n) is 11.1. The molecule has 0 bridgehead atoms. The van der Waals surface area contributed by atoms with E-state index < -0.39 is 17.9 Å². The topological polar surface area (TPSA) is 34.1 Å². The highest BCUT2D eigenvalue weighted by Gasteiger charge is 2.17. The predicted molar refractivity (Wildman–Crippen MR) is 74.9 cm³/mol. The first-order valence-corrected chi connectivity index (χ1v) is 10.6. The van der Waals surface area contributed by atoms with Crippen molar-refractivity contribution in [3.63, 3.8) is 0 Å². The lowest BCUT2D eigenvalue weighted by atomic mass is 10.4. The fourth-order valence-electron chi connectivity index (χ4n) is 1.22. The van der Waals surface area contributed by atoms with Crippen molar-refractivity contribution in [1.82, 2.24) is 0 Å². The van der Waals surface area contributed by atoms with Crippen LogP contribution in [0.1, 0.15) is 27.7 Å². The molecule has 0 saturated heterocycles. The Hall–Kier alpha value is -0.353. The van der Waals surface area contributed by atoms with Crippen molar-refractivity contribution < 1.29 is 8.42 Å². The molecule has 0 saturated carbocycles. The molecule has 94 valence electrons. The molecule has 0 fully saturated rings. The van der Waals surface area contributed by atoms with Gasteiger partial charge in [-0.3, -0.25) is 0 Å². The lowest BCUT2D eigenvalue weighted by molar-refractivity contribution is 0.605. The molecule has 4 heteroatoms. The molecule has 0 rings (SSSR count). The molecule has 0 radical (unpaired) electrons. The summed E-state index contributed by atoms with van der Waals surface area (Å²) in [6, 6.07) is 2.40.